The van der Waals surface area contributed by atoms with E-state index in [1.807, 2.05) is 13.0 Å². The lowest BCUT2D eigenvalue weighted by Gasteiger charge is -2.34. The molecule has 23 heavy (non-hydrogen) atoms. The highest BCUT2D eigenvalue weighted by molar-refractivity contribution is 5.79. The Labute approximate surface area is 137 Å². The van der Waals surface area contributed by atoms with E-state index >= 15 is 0 Å². The molecule has 1 aromatic rings. The van der Waals surface area contributed by atoms with Crippen molar-refractivity contribution >= 4 is 5.91 Å². The highest BCUT2D eigenvalue weighted by Crippen LogP contribution is 2.21. The second kappa shape index (κ2) is 8.07. The maximum absolute atomic E-state index is 13.3. The van der Waals surface area contributed by atoms with Gasteiger partial charge in [0.25, 0.3) is 0 Å². The molecule has 1 aliphatic rings. The third kappa shape index (κ3) is 5.04. The Kier molecular flexibility index (Phi) is 6.12. The molecule has 0 radical (unpaired) electrons. The lowest BCUT2D eigenvalue weighted by molar-refractivity contribution is -0.136. The lowest BCUT2D eigenvalue weighted by atomic mass is 9.96. The minimum atomic E-state index is -0.225. The van der Waals surface area contributed by atoms with Gasteiger partial charge in [0.05, 0.1) is 17.9 Å². The van der Waals surface area contributed by atoms with Crippen molar-refractivity contribution in [3.8, 4) is 6.07 Å². The summed E-state index contributed by atoms with van der Waals surface area (Å²) in [6.07, 6.45) is 1.84. The number of hydrogen-bond donors (Lipinski definition) is 0. The van der Waals surface area contributed by atoms with E-state index in [1.165, 1.54) is 6.07 Å². The Hall–Kier alpha value is -1.93. The number of benzene rings is 1. The second-order valence-electron chi connectivity index (χ2n) is 6.45. The first-order valence-electron chi connectivity index (χ1n) is 8.11. The van der Waals surface area contributed by atoms with Gasteiger partial charge in [-0.2, -0.15) is 5.26 Å². The van der Waals surface area contributed by atoms with Crippen molar-refractivity contribution in [2.75, 3.05) is 26.7 Å². The molecular weight excluding hydrogens is 293 g/mol. The summed E-state index contributed by atoms with van der Waals surface area (Å²) in [5, 5.41) is 8.88. The van der Waals surface area contributed by atoms with Gasteiger partial charge in [0, 0.05) is 26.7 Å². The quantitative estimate of drug-likeness (QED) is 0.839. The number of rotatable bonds is 5. The predicted octanol–water partition coefficient (Wildman–Crippen LogP) is 2.66. The number of carbonyl (C=O) groups excluding carboxylic acids is 1. The van der Waals surface area contributed by atoms with Gasteiger partial charge < -0.3 is 4.90 Å². The second-order valence-corrected chi connectivity index (χ2v) is 6.45. The zero-order valence-corrected chi connectivity index (χ0v) is 13.8. The Morgan fingerprint density at radius 2 is 2.35 bits per heavy atom. The predicted molar refractivity (Wildman–Crippen MR) is 86.8 cm³/mol. The van der Waals surface area contributed by atoms with Crippen molar-refractivity contribution in [1.29, 1.82) is 5.26 Å². The van der Waals surface area contributed by atoms with Crippen LogP contribution in [0, 0.1) is 29.0 Å². The first-order chi connectivity index (χ1) is 11.0. The van der Waals surface area contributed by atoms with Gasteiger partial charge in [-0.1, -0.05) is 12.1 Å². The summed E-state index contributed by atoms with van der Waals surface area (Å²) in [5.41, 5.74) is 0.935. The molecule has 0 spiro atoms. The molecule has 1 heterocycles. The Bertz CT molecular complexity index is 584. The van der Waals surface area contributed by atoms with E-state index in [9.17, 15) is 9.18 Å². The van der Waals surface area contributed by atoms with Crippen LogP contribution in [0.4, 0.5) is 4.39 Å². The number of hydrogen-bond acceptors (Lipinski definition) is 3. The standard InChI is InChI=1S/C18H24FN3O/c1-14(10-20)11-21(2)18(23)16-6-4-8-22(13-16)12-15-5-3-7-17(19)9-15/h3,5,7,9,14,16H,4,6,8,11-13H2,1-2H3/t14-,16-/m0/s1. The zero-order valence-electron chi connectivity index (χ0n) is 13.8. The molecule has 1 aromatic carbocycles. The van der Waals surface area contributed by atoms with Crippen molar-refractivity contribution in [2.24, 2.45) is 11.8 Å². The number of likely N-dealkylation sites (tertiary alicyclic amines) is 1. The van der Waals surface area contributed by atoms with Crippen LogP contribution in [0.1, 0.15) is 25.3 Å². The van der Waals surface area contributed by atoms with Gasteiger partial charge in [-0.15, -0.1) is 0 Å². The van der Waals surface area contributed by atoms with Gasteiger partial charge in [-0.25, -0.2) is 4.39 Å². The summed E-state index contributed by atoms with van der Waals surface area (Å²) in [7, 11) is 1.77. The van der Waals surface area contributed by atoms with Gasteiger partial charge in [-0.05, 0) is 44.0 Å². The molecule has 0 aromatic heterocycles. The van der Waals surface area contributed by atoms with Crippen LogP contribution in [0.3, 0.4) is 0 Å². The minimum absolute atomic E-state index is 0.0341. The van der Waals surface area contributed by atoms with Gasteiger partial charge in [0.1, 0.15) is 5.82 Å². The molecule has 2 rings (SSSR count). The summed E-state index contributed by atoms with van der Waals surface area (Å²) in [6.45, 7) is 4.58. The van der Waals surface area contributed by atoms with E-state index < -0.39 is 0 Å². The average molecular weight is 317 g/mol. The smallest absolute Gasteiger partial charge is 0.226 e. The molecule has 0 saturated carbocycles. The van der Waals surface area contributed by atoms with Crippen molar-refractivity contribution < 1.29 is 9.18 Å². The SMILES string of the molecule is C[C@@H](C#N)CN(C)C(=O)[C@H]1CCCN(Cc2cccc(F)c2)C1. The maximum Gasteiger partial charge on any atom is 0.226 e. The fourth-order valence-corrected chi connectivity index (χ4v) is 3.15. The van der Waals surface area contributed by atoms with E-state index in [0.29, 0.717) is 19.6 Å². The summed E-state index contributed by atoms with van der Waals surface area (Å²) in [5.74, 6) is -0.308. The monoisotopic (exact) mass is 317 g/mol. The van der Waals surface area contributed by atoms with Gasteiger partial charge in [0.2, 0.25) is 5.91 Å². The molecule has 1 fully saturated rings. The summed E-state index contributed by atoms with van der Waals surface area (Å²) in [4.78, 5) is 16.4. The van der Waals surface area contributed by atoms with Crippen LogP contribution in [0.15, 0.2) is 24.3 Å². The first kappa shape index (κ1) is 17.4. The average Bonchev–Trinajstić information content (AvgIpc) is 2.54. The number of carbonyl (C=O) groups is 1. The summed E-state index contributed by atoms with van der Waals surface area (Å²) in [6, 6.07) is 8.78. The molecule has 0 bridgehead atoms. The highest BCUT2D eigenvalue weighted by atomic mass is 19.1. The number of halogens is 1. The number of piperidine rings is 1. The fourth-order valence-electron chi connectivity index (χ4n) is 3.15. The molecule has 5 heteroatoms. The molecule has 124 valence electrons. The van der Waals surface area contributed by atoms with Gasteiger partial charge >= 0.3 is 0 Å². The molecule has 0 aliphatic carbocycles. The fraction of sp³-hybridized carbons (Fsp3) is 0.556. The molecule has 4 nitrogen and oxygen atoms in total. The van der Waals surface area contributed by atoms with Crippen LogP contribution in [0.2, 0.25) is 0 Å². The zero-order chi connectivity index (χ0) is 16.8. The molecule has 1 saturated heterocycles. The number of nitriles is 1. The van der Waals surface area contributed by atoms with Crippen molar-refractivity contribution in [3.05, 3.63) is 35.6 Å². The molecule has 1 amide bonds. The Morgan fingerprint density at radius 3 is 3.04 bits per heavy atom. The Balaban J connectivity index is 1.92. The van der Waals surface area contributed by atoms with Crippen LogP contribution >= 0.6 is 0 Å². The Morgan fingerprint density at radius 1 is 1.57 bits per heavy atom. The molecule has 0 unspecified atom stereocenters. The van der Waals surface area contributed by atoms with E-state index in [1.54, 1.807) is 24.1 Å². The van der Waals surface area contributed by atoms with Crippen LogP contribution < -0.4 is 0 Å². The molecule has 2 atom stereocenters. The van der Waals surface area contributed by atoms with Gasteiger partial charge in [0.15, 0.2) is 0 Å². The van der Waals surface area contributed by atoms with E-state index in [-0.39, 0.29) is 23.6 Å². The van der Waals surface area contributed by atoms with E-state index in [0.717, 1.165) is 24.9 Å². The third-order valence-corrected chi connectivity index (χ3v) is 4.29. The van der Waals surface area contributed by atoms with Crippen LogP contribution in [0.25, 0.3) is 0 Å². The van der Waals surface area contributed by atoms with E-state index in [2.05, 4.69) is 11.0 Å². The van der Waals surface area contributed by atoms with Gasteiger partial charge in [-0.3, -0.25) is 9.69 Å². The summed E-state index contributed by atoms with van der Waals surface area (Å²) >= 11 is 0. The van der Waals surface area contributed by atoms with Crippen molar-refractivity contribution in [1.82, 2.24) is 9.80 Å². The van der Waals surface area contributed by atoms with Crippen LogP contribution in [0.5, 0.6) is 0 Å². The maximum atomic E-state index is 13.3. The summed E-state index contributed by atoms with van der Waals surface area (Å²) < 4.78 is 13.3. The topological polar surface area (TPSA) is 47.3 Å². The normalized spacial score (nSPS) is 19.8. The van der Waals surface area contributed by atoms with Crippen molar-refractivity contribution in [2.45, 2.75) is 26.3 Å². The number of amides is 1. The third-order valence-electron chi connectivity index (χ3n) is 4.29. The largest absolute Gasteiger partial charge is 0.344 e. The first-order valence-corrected chi connectivity index (χ1v) is 8.11. The highest BCUT2D eigenvalue weighted by Gasteiger charge is 2.28. The minimum Gasteiger partial charge on any atom is -0.344 e. The molecule has 1 aliphatic heterocycles. The molecular formula is C18H24FN3O. The lowest BCUT2D eigenvalue weighted by Crippen LogP contribution is -2.44. The number of nitrogens with zero attached hydrogens (tertiary/aromatic N) is 3. The van der Waals surface area contributed by atoms with Crippen LogP contribution in [-0.2, 0) is 11.3 Å². The molecule has 0 N–H and O–H groups in total. The van der Waals surface area contributed by atoms with Crippen LogP contribution in [-0.4, -0.2) is 42.4 Å². The van der Waals surface area contributed by atoms with Crippen molar-refractivity contribution in [3.63, 3.8) is 0 Å². The van der Waals surface area contributed by atoms with E-state index in [4.69, 9.17) is 5.26 Å².